The van der Waals surface area contributed by atoms with Gasteiger partial charge in [0.05, 0.1) is 22.3 Å². The second-order valence-corrected chi connectivity index (χ2v) is 9.81. The number of ketones is 2. The largest absolute Gasteiger partial charge is 0.504 e. The molecular formula is C36H26O8. The maximum Gasteiger partial charge on any atom is 0.343 e. The van der Waals surface area contributed by atoms with Gasteiger partial charge in [-0.1, -0.05) is 103 Å². The van der Waals surface area contributed by atoms with Crippen molar-refractivity contribution in [3.8, 4) is 17.2 Å². The second-order valence-electron chi connectivity index (χ2n) is 9.81. The predicted molar refractivity (Wildman–Crippen MR) is 161 cm³/mol. The summed E-state index contributed by atoms with van der Waals surface area (Å²) in [6.07, 6.45) is 0. The Kier molecular flexibility index (Phi) is 8.62. The van der Waals surface area contributed by atoms with E-state index in [4.69, 9.17) is 9.47 Å². The molecule has 2 N–H and O–H groups in total. The minimum atomic E-state index is -1.16. The minimum absolute atomic E-state index is 0.0580. The standard InChI is InChI=1S/C36H26O8/c1-22-13-11-12-20-26(22)31(38)29-27(36(42)43-21-23-14-5-2-6-15-23)28(30(37)24-16-7-3-8-17-24)32(39)33(40)34(29)44-35(41)25-18-9-4-10-19-25/h2-20,39-40H,21H2,1H3. The van der Waals surface area contributed by atoms with Crippen LogP contribution >= 0.6 is 0 Å². The number of hydrogen-bond donors (Lipinski definition) is 2. The zero-order chi connectivity index (χ0) is 31.2. The van der Waals surface area contributed by atoms with E-state index >= 15 is 0 Å². The maximum absolute atomic E-state index is 14.3. The highest BCUT2D eigenvalue weighted by molar-refractivity contribution is 6.24. The predicted octanol–water partition coefficient (Wildman–Crippen LogP) is 6.44. The zero-order valence-corrected chi connectivity index (χ0v) is 23.5. The van der Waals surface area contributed by atoms with Gasteiger partial charge >= 0.3 is 11.9 Å². The molecule has 0 heterocycles. The van der Waals surface area contributed by atoms with Gasteiger partial charge in [0.15, 0.2) is 23.1 Å². The second kappa shape index (κ2) is 12.9. The smallest absolute Gasteiger partial charge is 0.343 e. The van der Waals surface area contributed by atoms with Crippen LogP contribution in [0.4, 0.5) is 0 Å². The van der Waals surface area contributed by atoms with Crippen LogP contribution in [0.3, 0.4) is 0 Å². The molecule has 0 aromatic heterocycles. The Bertz CT molecular complexity index is 1860. The number of ether oxygens (including phenoxy) is 2. The van der Waals surface area contributed by atoms with Crippen LogP contribution in [-0.4, -0.2) is 33.7 Å². The summed E-state index contributed by atoms with van der Waals surface area (Å²) in [5.41, 5.74) is -0.605. The number of hydrogen-bond acceptors (Lipinski definition) is 8. The van der Waals surface area contributed by atoms with Gasteiger partial charge in [-0.2, -0.15) is 0 Å². The Morgan fingerprint density at radius 2 is 1.11 bits per heavy atom. The molecule has 0 atom stereocenters. The van der Waals surface area contributed by atoms with E-state index in [0.29, 0.717) is 11.1 Å². The van der Waals surface area contributed by atoms with Crippen molar-refractivity contribution in [3.05, 3.63) is 160 Å². The summed E-state index contributed by atoms with van der Waals surface area (Å²) >= 11 is 0. The van der Waals surface area contributed by atoms with Crippen molar-refractivity contribution in [1.29, 1.82) is 0 Å². The molecule has 0 unspecified atom stereocenters. The molecule has 0 bridgehead atoms. The summed E-state index contributed by atoms with van der Waals surface area (Å²) in [6, 6.07) is 30.6. The van der Waals surface area contributed by atoms with Gasteiger partial charge < -0.3 is 19.7 Å². The lowest BCUT2D eigenvalue weighted by atomic mass is 9.87. The summed E-state index contributed by atoms with van der Waals surface area (Å²) < 4.78 is 11.1. The normalized spacial score (nSPS) is 10.6. The monoisotopic (exact) mass is 586 g/mol. The van der Waals surface area contributed by atoms with Gasteiger partial charge in [0.25, 0.3) is 0 Å². The maximum atomic E-state index is 14.3. The average molecular weight is 587 g/mol. The first-order chi connectivity index (χ1) is 21.3. The highest BCUT2D eigenvalue weighted by atomic mass is 16.5. The van der Waals surface area contributed by atoms with Crippen molar-refractivity contribution in [1.82, 2.24) is 0 Å². The number of phenolic OH excluding ortho intramolecular Hbond substituents is 2. The van der Waals surface area contributed by atoms with E-state index in [-0.39, 0.29) is 23.3 Å². The molecule has 0 saturated carbocycles. The summed E-state index contributed by atoms with van der Waals surface area (Å²) in [4.78, 5) is 55.2. The Labute approximate surface area is 252 Å². The molecule has 0 spiro atoms. The third-order valence-electron chi connectivity index (χ3n) is 6.90. The number of aryl methyl sites for hydroxylation is 1. The third kappa shape index (κ3) is 5.96. The van der Waals surface area contributed by atoms with E-state index in [9.17, 15) is 29.4 Å². The van der Waals surface area contributed by atoms with Crippen molar-refractivity contribution < 1.29 is 38.9 Å². The van der Waals surface area contributed by atoms with E-state index in [1.54, 1.807) is 91.9 Å². The molecule has 0 aliphatic heterocycles. The van der Waals surface area contributed by atoms with Crippen LogP contribution in [0.2, 0.25) is 0 Å². The SMILES string of the molecule is Cc1ccccc1C(=O)c1c(OC(=O)c2ccccc2)c(O)c(O)c(C(=O)c2ccccc2)c1C(=O)OCc1ccccc1. The van der Waals surface area contributed by atoms with Crippen LogP contribution in [0.15, 0.2) is 115 Å². The number of phenols is 2. The first kappa shape index (κ1) is 29.5. The minimum Gasteiger partial charge on any atom is -0.504 e. The van der Waals surface area contributed by atoms with E-state index in [2.05, 4.69) is 0 Å². The number of carbonyl (C=O) groups excluding carboxylic acids is 4. The van der Waals surface area contributed by atoms with Gasteiger partial charge in [0.2, 0.25) is 5.75 Å². The average Bonchev–Trinajstić information content (AvgIpc) is 3.06. The number of rotatable bonds is 9. The Hall–Kier alpha value is -6.02. The van der Waals surface area contributed by atoms with Gasteiger partial charge in [-0.15, -0.1) is 0 Å². The summed E-state index contributed by atoms with van der Waals surface area (Å²) in [5, 5.41) is 22.5. The molecule has 0 fully saturated rings. The van der Waals surface area contributed by atoms with Crippen LogP contribution in [-0.2, 0) is 11.3 Å². The number of aromatic hydroxyl groups is 2. The molecular weight excluding hydrogens is 560 g/mol. The lowest BCUT2D eigenvalue weighted by Gasteiger charge is -2.20. The van der Waals surface area contributed by atoms with Gasteiger partial charge in [-0.05, 0) is 30.2 Å². The van der Waals surface area contributed by atoms with Crippen LogP contribution in [0.25, 0.3) is 0 Å². The van der Waals surface area contributed by atoms with E-state index in [1.807, 2.05) is 0 Å². The van der Waals surface area contributed by atoms with E-state index in [0.717, 1.165) is 0 Å². The molecule has 5 aromatic carbocycles. The Morgan fingerprint density at radius 1 is 0.568 bits per heavy atom. The molecule has 0 saturated heterocycles. The van der Waals surface area contributed by atoms with Gasteiger partial charge in [-0.3, -0.25) is 9.59 Å². The van der Waals surface area contributed by atoms with Crippen LogP contribution in [0.1, 0.15) is 63.7 Å². The summed E-state index contributed by atoms with van der Waals surface area (Å²) in [7, 11) is 0. The topological polar surface area (TPSA) is 127 Å². The molecule has 5 aromatic rings. The van der Waals surface area contributed by atoms with Crippen LogP contribution in [0, 0.1) is 6.92 Å². The fraction of sp³-hybridized carbons (Fsp3) is 0.0556. The lowest BCUT2D eigenvalue weighted by Crippen LogP contribution is -2.22. The molecule has 8 heteroatoms. The van der Waals surface area contributed by atoms with Crippen molar-refractivity contribution in [2.45, 2.75) is 13.5 Å². The van der Waals surface area contributed by atoms with E-state index < -0.39 is 57.4 Å². The molecule has 0 aliphatic carbocycles. The molecule has 5 rings (SSSR count). The first-order valence-electron chi connectivity index (χ1n) is 13.6. The van der Waals surface area contributed by atoms with Crippen molar-refractivity contribution in [2.75, 3.05) is 0 Å². The van der Waals surface area contributed by atoms with Crippen molar-refractivity contribution in [2.24, 2.45) is 0 Å². The first-order valence-corrected chi connectivity index (χ1v) is 13.6. The molecule has 0 radical (unpaired) electrons. The van der Waals surface area contributed by atoms with E-state index in [1.165, 1.54) is 30.3 Å². The zero-order valence-electron chi connectivity index (χ0n) is 23.5. The van der Waals surface area contributed by atoms with Gasteiger partial charge in [-0.25, -0.2) is 9.59 Å². The van der Waals surface area contributed by atoms with Crippen LogP contribution < -0.4 is 4.74 Å². The van der Waals surface area contributed by atoms with Crippen LogP contribution in [0.5, 0.6) is 17.2 Å². The highest BCUT2D eigenvalue weighted by Crippen LogP contribution is 2.46. The molecule has 44 heavy (non-hydrogen) atoms. The number of carbonyl (C=O) groups is 4. The summed E-state index contributed by atoms with van der Waals surface area (Å²) in [6.45, 7) is 1.42. The quantitative estimate of drug-likeness (QED) is 0.0874. The Balaban J connectivity index is 1.78. The van der Waals surface area contributed by atoms with Gasteiger partial charge in [0, 0.05) is 11.1 Å². The fourth-order valence-corrected chi connectivity index (χ4v) is 4.66. The molecule has 0 aliphatic rings. The van der Waals surface area contributed by atoms with Crippen molar-refractivity contribution in [3.63, 3.8) is 0 Å². The molecule has 0 amide bonds. The number of benzene rings is 5. The fourth-order valence-electron chi connectivity index (χ4n) is 4.66. The lowest BCUT2D eigenvalue weighted by molar-refractivity contribution is 0.0464. The van der Waals surface area contributed by atoms with Gasteiger partial charge in [0.1, 0.15) is 6.61 Å². The third-order valence-corrected chi connectivity index (χ3v) is 6.90. The summed E-state index contributed by atoms with van der Waals surface area (Å²) in [5.74, 6) is -6.76. The molecule has 218 valence electrons. The highest BCUT2D eigenvalue weighted by Gasteiger charge is 2.37. The van der Waals surface area contributed by atoms with Crippen molar-refractivity contribution >= 4 is 23.5 Å². The molecule has 8 nitrogen and oxygen atoms in total. The number of esters is 2. The Morgan fingerprint density at radius 3 is 1.73 bits per heavy atom.